The number of carbonyl (C=O) groups is 1. The van der Waals surface area contributed by atoms with Crippen molar-refractivity contribution in [2.75, 3.05) is 6.61 Å². The average molecular weight is 331 g/mol. The first kappa shape index (κ1) is 17.1. The summed E-state index contributed by atoms with van der Waals surface area (Å²) in [5.41, 5.74) is 1.53. The Balaban J connectivity index is 2.40. The van der Waals surface area contributed by atoms with Crippen molar-refractivity contribution >= 4 is 29.2 Å². The molecule has 0 unspecified atom stereocenters. The summed E-state index contributed by atoms with van der Waals surface area (Å²) < 4.78 is 5.78. The van der Waals surface area contributed by atoms with Crippen LogP contribution in [-0.2, 0) is 4.79 Å². The monoisotopic (exact) mass is 330 g/mol. The summed E-state index contributed by atoms with van der Waals surface area (Å²) in [7, 11) is 0. The van der Waals surface area contributed by atoms with Crippen LogP contribution in [0.5, 0.6) is 5.75 Å². The number of benzene rings is 2. The predicted molar refractivity (Wildman–Crippen MR) is 93.7 cm³/mol. The van der Waals surface area contributed by atoms with Crippen LogP contribution in [0.1, 0.15) is 25.0 Å². The van der Waals surface area contributed by atoms with Crippen molar-refractivity contribution in [2.45, 2.75) is 13.8 Å². The van der Waals surface area contributed by atoms with Crippen molar-refractivity contribution in [1.29, 1.82) is 0 Å². The highest BCUT2D eigenvalue weighted by Crippen LogP contribution is 2.26. The van der Waals surface area contributed by atoms with E-state index >= 15 is 0 Å². The van der Waals surface area contributed by atoms with Gasteiger partial charge in [0.15, 0.2) is 0 Å². The van der Waals surface area contributed by atoms with E-state index in [0.717, 1.165) is 5.56 Å². The molecule has 0 saturated heterocycles. The van der Waals surface area contributed by atoms with Crippen LogP contribution in [0.3, 0.4) is 0 Å². The second-order valence-corrected chi connectivity index (χ2v) is 6.05. The minimum Gasteiger partial charge on any atom is -0.493 e. The molecule has 0 saturated carbocycles. The standard InChI is InChI=1S/C19H19ClO3/c1-13(2)12-23-18-6-4-3-5-15(18)11-17(19(21)22)14-7-9-16(20)10-8-14/h3-11,13H,12H2,1-2H3,(H,21,22)/b17-11-. The Morgan fingerprint density at radius 3 is 2.43 bits per heavy atom. The third-order valence-corrected chi connectivity index (χ3v) is 3.43. The lowest BCUT2D eigenvalue weighted by atomic mass is 10.0. The Hall–Kier alpha value is -2.26. The molecule has 0 bridgehead atoms. The van der Waals surface area contributed by atoms with Gasteiger partial charge in [-0.2, -0.15) is 0 Å². The number of hydrogen-bond donors (Lipinski definition) is 1. The first-order valence-electron chi connectivity index (χ1n) is 7.40. The second-order valence-electron chi connectivity index (χ2n) is 5.61. The Labute approximate surface area is 141 Å². The Morgan fingerprint density at radius 1 is 1.17 bits per heavy atom. The van der Waals surface area contributed by atoms with Crippen molar-refractivity contribution in [2.24, 2.45) is 5.92 Å². The number of carboxylic acids is 1. The van der Waals surface area contributed by atoms with Crippen LogP contribution in [0.2, 0.25) is 5.02 Å². The second kappa shape index (κ2) is 7.84. The number of aliphatic carboxylic acids is 1. The highest BCUT2D eigenvalue weighted by Gasteiger charge is 2.12. The maximum absolute atomic E-state index is 11.6. The Morgan fingerprint density at radius 2 is 1.83 bits per heavy atom. The van der Waals surface area contributed by atoms with Gasteiger partial charge in [-0.1, -0.05) is 55.8 Å². The summed E-state index contributed by atoms with van der Waals surface area (Å²) in [5, 5.41) is 10.1. The zero-order chi connectivity index (χ0) is 16.8. The summed E-state index contributed by atoms with van der Waals surface area (Å²) >= 11 is 5.87. The molecule has 0 aliphatic carbocycles. The fourth-order valence-corrected chi connectivity index (χ4v) is 2.17. The fraction of sp³-hybridized carbons (Fsp3) is 0.211. The maximum Gasteiger partial charge on any atom is 0.336 e. The predicted octanol–water partition coefficient (Wildman–Crippen LogP) is 5.00. The lowest BCUT2D eigenvalue weighted by molar-refractivity contribution is -0.130. The maximum atomic E-state index is 11.6. The molecule has 3 nitrogen and oxygen atoms in total. The van der Waals surface area contributed by atoms with Crippen LogP contribution < -0.4 is 4.74 Å². The Bertz CT molecular complexity index is 703. The minimum atomic E-state index is -0.994. The molecule has 0 aliphatic heterocycles. The molecular formula is C19H19ClO3. The quantitative estimate of drug-likeness (QED) is 0.599. The molecule has 4 heteroatoms. The first-order valence-corrected chi connectivity index (χ1v) is 7.78. The van der Waals surface area contributed by atoms with Crippen molar-refractivity contribution in [3.8, 4) is 5.75 Å². The molecule has 2 aromatic carbocycles. The van der Waals surface area contributed by atoms with E-state index in [9.17, 15) is 9.90 Å². The molecule has 0 spiro atoms. The van der Waals surface area contributed by atoms with Gasteiger partial charge in [-0.25, -0.2) is 4.79 Å². The summed E-state index contributed by atoms with van der Waals surface area (Å²) in [6, 6.07) is 14.2. The minimum absolute atomic E-state index is 0.197. The number of halogens is 1. The Kier molecular flexibility index (Phi) is 5.83. The first-order chi connectivity index (χ1) is 11.0. The molecule has 2 aromatic rings. The highest BCUT2D eigenvalue weighted by molar-refractivity contribution is 6.30. The molecule has 2 rings (SSSR count). The number of hydrogen-bond acceptors (Lipinski definition) is 2. The third kappa shape index (κ3) is 4.86. The van der Waals surface area contributed by atoms with Crippen molar-refractivity contribution in [1.82, 2.24) is 0 Å². The molecule has 0 atom stereocenters. The summed E-state index contributed by atoms with van der Waals surface area (Å²) in [6.07, 6.45) is 1.63. The van der Waals surface area contributed by atoms with Gasteiger partial charge in [-0.15, -0.1) is 0 Å². The number of ether oxygens (including phenoxy) is 1. The molecule has 0 aliphatic rings. The molecular weight excluding hydrogens is 312 g/mol. The largest absolute Gasteiger partial charge is 0.493 e. The zero-order valence-electron chi connectivity index (χ0n) is 13.1. The van der Waals surface area contributed by atoms with Gasteiger partial charge < -0.3 is 9.84 Å². The van der Waals surface area contributed by atoms with Gasteiger partial charge in [0.1, 0.15) is 5.75 Å². The topological polar surface area (TPSA) is 46.5 Å². The molecule has 0 aromatic heterocycles. The molecule has 0 amide bonds. The van der Waals surface area contributed by atoms with Gasteiger partial charge in [0.2, 0.25) is 0 Å². The normalized spacial score (nSPS) is 11.6. The summed E-state index contributed by atoms with van der Waals surface area (Å²) in [5.74, 6) is 0.0714. The van der Waals surface area contributed by atoms with Gasteiger partial charge in [0.25, 0.3) is 0 Å². The van der Waals surface area contributed by atoms with Crippen LogP contribution >= 0.6 is 11.6 Å². The van der Waals surface area contributed by atoms with Crippen LogP contribution in [0, 0.1) is 5.92 Å². The van der Waals surface area contributed by atoms with E-state index in [1.165, 1.54) is 0 Å². The van der Waals surface area contributed by atoms with Gasteiger partial charge in [0.05, 0.1) is 12.2 Å². The van der Waals surface area contributed by atoms with Gasteiger partial charge >= 0.3 is 5.97 Å². The van der Waals surface area contributed by atoms with Crippen molar-refractivity contribution < 1.29 is 14.6 Å². The average Bonchev–Trinajstić information content (AvgIpc) is 2.52. The van der Waals surface area contributed by atoms with E-state index in [-0.39, 0.29) is 5.57 Å². The van der Waals surface area contributed by atoms with Gasteiger partial charge in [0, 0.05) is 10.6 Å². The van der Waals surface area contributed by atoms with Crippen molar-refractivity contribution in [3.63, 3.8) is 0 Å². The number of rotatable bonds is 6. The molecule has 23 heavy (non-hydrogen) atoms. The lowest BCUT2D eigenvalue weighted by Gasteiger charge is -2.12. The van der Waals surface area contributed by atoms with Crippen LogP contribution in [0.25, 0.3) is 11.6 Å². The number of carboxylic acid groups (broad SMARTS) is 1. The van der Waals surface area contributed by atoms with E-state index < -0.39 is 5.97 Å². The van der Waals surface area contributed by atoms with Crippen LogP contribution in [-0.4, -0.2) is 17.7 Å². The van der Waals surface area contributed by atoms with E-state index in [0.29, 0.717) is 28.9 Å². The summed E-state index contributed by atoms with van der Waals surface area (Å²) in [4.78, 5) is 11.6. The zero-order valence-corrected chi connectivity index (χ0v) is 13.9. The van der Waals surface area contributed by atoms with Gasteiger partial charge in [-0.05, 0) is 35.8 Å². The van der Waals surface area contributed by atoms with Crippen molar-refractivity contribution in [3.05, 3.63) is 64.7 Å². The lowest BCUT2D eigenvalue weighted by Crippen LogP contribution is -2.05. The SMILES string of the molecule is CC(C)COc1ccccc1/C=C(\C(=O)O)c1ccc(Cl)cc1. The van der Waals surface area contributed by atoms with E-state index in [1.807, 2.05) is 24.3 Å². The van der Waals surface area contributed by atoms with Crippen LogP contribution in [0.4, 0.5) is 0 Å². The summed E-state index contributed by atoms with van der Waals surface area (Å²) in [6.45, 7) is 4.71. The number of para-hydroxylation sites is 1. The molecule has 0 fully saturated rings. The third-order valence-electron chi connectivity index (χ3n) is 3.18. The molecule has 0 heterocycles. The van der Waals surface area contributed by atoms with E-state index in [1.54, 1.807) is 30.3 Å². The molecule has 1 N–H and O–H groups in total. The highest BCUT2D eigenvalue weighted by atomic mass is 35.5. The smallest absolute Gasteiger partial charge is 0.336 e. The van der Waals surface area contributed by atoms with E-state index in [4.69, 9.17) is 16.3 Å². The fourth-order valence-electron chi connectivity index (χ4n) is 2.04. The molecule has 120 valence electrons. The molecule has 0 radical (unpaired) electrons. The van der Waals surface area contributed by atoms with Gasteiger partial charge in [-0.3, -0.25) is 0 Å². The van der Waals surface area contributed by atoms with Crippen LogP contribution in [0.15, 0.2) is 48.5 Å². The van der Waals surface area contributed by atoms with E-state index in [2.05, 4.69) is 13.8 Å².